The van der Waals surface area contributed by atoms with Crippen LogP contribution in [0.4, 0.5) is 29.6 Å². The fraction of sp³-hybridized carbons (Fsp3) is 0.480. The Hall–Kier alpha value is -3.38. The molecule has 9 nitrogen and oxygen atoms in total. The number of amides is 1. The zero-order chi connectivity index (χ0) is 26.4. The quantitative estimate of drug-likeness (QED) is 0.381. The van der Waals surface area contributed by atoms with Crippen LogP contribution in [0.5, 0.6) is 0 Å². The van der Waals surface area contributed by atoms with E-state index in [1.54, 1.807) is 12.1 Å². The van der Waals surface area contributed by atoms with Crippen LogP contribution in [0.2, 0.25) is 0 Å². The Morgan fingerprint density at radius 2 is 2.05 bits per heavy atom. The molecule has 1 amide bonds. The highest BCUT2D eigenvalue weighted by Gasteiger charge is 2.37. The molecular formula is C25H29F3N6O3. The topological polar surface area (TPSA) is 113 Å². The third-order valence-electron chi connectivity index (χ3n) is 6.99. The average molecular weight is 519 g/mol. The van der Waals surface area contributed by atoms with Gasteiger partial charge in [-0.25, -0.2) is 14.8 Å². The molecule has 37 heavy (non-hydrogen) atoms. The first-order valence-electron chi connectivity index (χ1n) is 12.1. The third-order valence-corrected chi connectivity index (χ3v) is 6.99. The van der Waals surface area contributed by atoms with E-state index in [1.807, 2.05) is 0 Å². The van der Waals surface area contributed by atoms with Crippen LogP contribution in [0.3, 0.4) is 0 Å². The van der Waals surface area contributed by atoms with Crippen molar-refractivity contribution in [3.05, 3.63) is 35.7 Å². The number of carbonyl (C=O) groups is 1. The molecular weight excluding hydrogens is 489 g/mol. The van der Waals surface area contributed by atoms with E-state index in [0.29, 0.717) is 41.9 Å². The van der Waals surface area contributed by atoms with Gasteiger partial charge in [0.05, 0.1) is 31.5 Å². The second kappa shape index (κ2) is 9.49. The number of rotatable bonds is 5. The summed E-state index contributed by atoms with van der Waals surface area (Å²) < 4.78 is 52.2. The number of anilines is 2. The Balaban J connectivity index is 1.56. The lowest BCUT2D eigenvalue weighted by molar-refractivity contribution is -0.137. The summed E-state index contributed by atoms with van der Waals surface area (Å²) in [7, 11) is 1.26. The third kappa shape index (κ3) is 5.08. The number of alkyl halides is 3. The molecule has 4 N–H and O–H groups in total. The zero-order valence-electron chi connectivity index (χ0n) is 20.8. The first-order chi connectivity index (χ1) is 17.6. The molecule has 4 heterocycles. The molecule has 1 atom stereocenters. The maximum Gasteiger partial charge on any atom is 0.419 e. The van der Waals surface area contributed by atoms with Gasteiger partial charge in [0.1, 0.15) is 5.56 Å². The summed E-state index contributed by atoms with van der Waals surface area (Å²) in [6.45, 7) is 5.75. The number of carbonyl (C=O) groups excluding carboxylic acids is 1. The highest BCUT2D eigenvalue weighted by molar-refractivity contribution is 6.01. The number of aromatic nitrogens is 3. The number of halogens is 3. The van der Waals surface area contributed by atoms with E-state index in [-0.39, 0.29) is 29.1 Å². The Morgan fingerprint density at radius 3 is 2.68 bits per heavy atom. The average Bonchev–Trinajstić information content (AvgIpc) is 3.24. The predicted molar refractivity (Wildman–Crippen MR) is 133 cm³/mol. The van der Waals surface area contributed by atoms with E-state index in [9.17, 15) is 18.0 Å². The minimum absolute atomic E-state index is 0.00208. The van der Waals surface area contributed by atoms with Crippen molar-refractivity contribution in [2.45, 2.75) is 50.4 Å². The molecule has 2 aliphatic heterocycles. The fourth-order valence-electron chi connectivity index (χ4n) is 4.81. The van der Waals surface area contributed by atoms with Gasteiger partial charge in [-0.05, 0) is 32.8 Å². The van der Waals surface area contributed by atoms with Crippen LogP contribution in [0, 0.1) is 0 Å². The maximum absolute atomic E-state index is 14.0. The molecule has 12 heteroatoms. The molecule has 0 saturated carbocycles. The number of methoxy groups -OCH3 is 1. The van der Waals surface area contributed by atoms with E-state index in [0.717, 1.165) is 24.6 Å². The molecule has 2 saturated heterocycles. The highest BCUT2D eigenvalue weighted by atomic mass is 19.4. The normalized spacial score (nSPS) is 19.9. The second-order valence-corrected chi connectivity index (χ2v) is 10.1. The van der Waals surface area contributed by atoms with Crippen LogP contribution in [-0.4, -0.2) is 59.5 Å². The SMILES string of the molecule is COC(=O)Nc1ccc2c(-c3nc(N[C@H]4CCC(C)(C)NC4)ncc3C(F)(F)F)c[nH]c2c1C1COC1. The van der Waals surface area contributed by atoms with Gasteiger partial charge in [0.15, 0.2) is 0 Å². The fourth-order valence-corrected chi connectivity index (χ4v) is 4.81. The zero-order valence-corrected chi connectivity index (χ0v) is 20.8. The molecule has 0 radical (unpaired) electrons. The summed E-state index contributed by atoms with van der Waals surface area (Å²) in [5.74, 6) is 0.107. The molecule has 2 fully saturated rings. The van der Waals surface area contributed by atoms with E-state index in [2.05, 4.69) is 44.7 Å². The summed E-state index contributed by atoms with van der Waals surface area (Å²) in [6.07, 6.45) is -1.19. The van der Waals surface area contributed by atoms with Crippen molar-refractivity contribution in [2.24, 2.45) is 0 Å². The molecule has 198 valence electrons. The number of aromatic amines is 1. The smallest absolute Gasteiger partial charge is 0.419 e. The monoisotopic (exact) mass is 518 g/mol. The number of ether oxygens (including phenoxy) is 2. The first kappa shape index (κ1) is 25.3. The van der Waals surface area contributed by atoms with Crippen molar-refractivity contribution in [3.8, 4) is 11.3 Å². The van der Waals surface area contributed by atoms with Gasteiger partial charge < -0.3 is 25.1 Å². The van der Waals surface area contributed by atoms with Gasteiger partial charge in [0.25, 0.3) is 0 Å². The number of hydrogen-bond acceptors (Lipinski definition) is 7. The minimum Gasteiger partial charge on any atom is -0.453 e. The van der Waals surface area contributed by atoms with Crippen molar-refractivity contribution in [1.29, 1.82) is 0 Å². The van der Waals surface area contributed by atoms with Crippen LogP contribution in [0.15, 0.2) is 24.5 Å². The first-order valence-corrected chi connectivity index (χ1v) is 12.1. The molecule has 0 bridgehead atoms. The molecule has 3 aromatic rings. The summed E-state index contributed by atoms with van der Waals surface area (Å²) in [5, 5.41) is 9.86. The largest absolute Gasteiger partial charge is 0.453 e. The molecule has 0 unspecified atom stereocenters. The minimum atomic E-state index is -4.65. The molecule has 0 spiro atoms. The second-order valence-electron chi connectivity index (χ2n) is 10.1. The van der Waals surface area contributed by atoms with Crippen molar-refractivity contribution in [2.75, 3.05) is 37.5 Å². The van der Waals surface area contributed by atoms with Crippen molar-refractivity contribution in [1.82, 2.24) is 20.3 Å². The lowest BCUT2D eigenvalue weighted by Crippen LogP contribution is -2.50. The summed E-state index contributed by atoms with van der Waals surface area (Å²) in [5.41, 5.74) is 1.03. The van der Waals surface area contributed by atoms with Gasteiger partial charge in [-0.15, -0.1) is 0 Å². The molecule has 2 aromatic heterocycles. The van der Waals surface area contributed by atoms with Gasteiger partial charge >= 0.3 is 12.3 Å². The summed E-state index contributed by atoms with van der Waals surface area (Å²) in [4.78, 5) is 23.4. The lowest BCUT2D eigenvalue weighted by Gasteiger charge is -2.36. The van der Waals surface area contributed by atoms with Gasteiger partial charge in [-0.3, -0.25) is 5.32 Å². The van der Waals surface area contributed by atoms with Crippen molar-refractivity contribution >= 4 is 28.6 Å². The van der Waals surface area contributed by atoms with Crippen LogP contribution in [-0.2, 0) is 15.7 Å². The molecule has 0 aliphatic carbocycles. The predicted octanol–water partition coefficient (Wildman–Crippen LogP) is 4.88. The Kier molecular flexibility index (Phi) is 6.48. The standard InChI is InChI=1S/C25H29F3N6O3/c1-24(2)7-6-14(8-31-24)32-22-30-10-17(25(26,27)28)20(34-22)16-9-29-21-15(16)4-5-18(33-23(35)36-3)19(21)13-11-37-12-13/h4-5,9-10,13-14,29,31H,6-8,11-12H2,1-3H3,(H,33,35)(H,30,32,34)/t14-/m0/s1. The number of nitrogens with one attached hydrogen (secondary N) is 4. The van der Waals surface area contributed by atoms with E-state index in [4.69, 9.17) is 9.47 Å². The van der Waals surface area contributed by atoms with Crippen LogP contribution < -0.4 is 16.0 Å². The van der Waals surface area contributed by atoms with Crippen molar-refractivity contribution in [3.63, 3.8) is 0 Å². The van der Waals surface area contributed by atoms with E-state index >= 15 is 0 Å². The molecule has 1 aromatic carbocycles. The van der Waals surface area contributed by atoms with Crippen LogP contribution in [0.1, 0.15) is 43.7 Å². The van der Waals surface area contributed by atoms with E-state index < -0.39 is 17.8 Å². The highest BCUT2D eigenvalue weighted by Crippen LogP contribution is 2.42. The molecule has 5 rings (SSSR count). The number of fused-ring (bicyclic) bond motifs is 1. The maximum atomic E-state index is 14.0. The summed E-state index contributed by atoms with van der Waals surface area (Å²) in [6, 6.07) is 3.32. The van der Waals surface area contributed by atoms with Gasteiger partial charge in [0.2, 0.25) is 5.95 Å². The number of hydrogen-bond donors (Lipinski definition) is 4. The number of piperidine rings is 1. The Morgan fingerprint density at radius 1 is 1.27 bits per heavy atom. The Bertz CT molecular complexity index is 1310. The van der Waals surface area contributed by atoms with Crippen LogP contribution >= 0.6 is 0 Å². The van der Waals surface area contributed by atoms with Gasteiger partial charge in [-0.2, -0.15) is 13.2 Å². The van der Waals surface area contributed by atoms with E-state index in [1.165, 1.54) is 13.3 Å². The van der Waals surface area contributed by atoms with Crippen LogP contribution in [0.25, 0.3) is 22.2 Å². The molecule has 2 aliphatic rings. The lowest BCUT2D eigenvalue weighted by atomic mass is 9.91. The van der Waals surface area contributed by atoms with Gasteiger partial charge in [0, 0.05) is 58.6 Å². The summed E-state index contributed by atoms with van der Waals surface area (Å²) >= 11 is 0. The van der Waals surface area contributed by atoms with Gasteiger partial charge in [-0.1, -0.05) is 6.07 Å². The number of benzene rings is 1. The number of H-pyrrole nitrogens is 1. The van der Waals surface area contributed by atoms with Crippen molar-refractivity contribution < 1.29 is 27.4 Å². The Labute approximate surface area is 211 Å². The number of nitrogens with zero attached hydrogens (tertiary/aromatic N) is 2.